The van der Waals surface area contributed by atoms with Gasteiger partial charge in [-0.1, -0.05) is 37.3 Å². The van der Waals surface area contributed by atoms with Gasteiger partial charge in [0.1, 0.15) is 0 Å². The van der Waals surface area contributed by atoms with Gasteiger partial charge in [-0.2, -0.15) is 0 Å². The lowest BCUT2D eigenvalue weighted by molar-refractivity contribution is -0.127. The van der Waals surface area contributed by atoms with E-state index in [9.17, 15) is 4.79 Å². The van der Waals surface area contributed by atoms with Gasteiger partial charge >= 0.3 is 0 Å². The fourth-order valence-corrected chi connectivity index (χ4v) is 4.70. The molecular weight excluding hydrogens is 348 g/mol. The zero-order valence-electron chi connectivity index (χ0n) is 17.9. The molecule has 1 aromatic rings. The van der Waals surface area contributed by atoms with E-state index in [1.165, 1.54) is 31.4 Å². The summed E-state index contributed by atoms with van der Waals surface area (Å²) in [5.74, 6) is 0.204. The van der Waals surface area contributed by atoms with E-state index in [2.05, 4.69) is 57.7 Å². The van der Waals surface area contributed by atoms with Gasteiger partial charge in [0, 0.05) is 31.2 Å². The van der Waals surface area contributed by atoms with E-state index in [1.807, 2.05) is 13.8 Å². The Morgan fingerprint density at radius 3 is 2.54 bits per heavy atom. The Labute approximate surface area is 170 Å². The van der Waals surface area contributed by atoms with Gasteiger partial charge in [-0.15, -0.1) is 0 Å². The zero-order valence-corrected chi connectivity index (χ0v) is 17.9. The quantitative estimate of drug-likeness (QED) is 0.721. The summed E-state index contributed by atoms with van der Waals surface area (Å²) in [5.41, 5.74) is 1.30. The molecule has 0 unspecified atom stereocenters. The Balaban J connectivity index is 1.61. The number of benzene rings is 1. The third kappa shape index (κ3) is 5.79. The number of nitrogens with zero attached hydrogens (tertiary/aromatic N) is 2. The predicted molar refractivity (Wildman–Crippen MR) is 115 cm³/mol. The maximum Gasteiger partial charge on any atom is 0.237 e. The molecule has 5 heteroatoms. The van der Waals surface area contributed by atoms with Crippen LogP contribution >= 0.6 is 0 Å². The molecule has 2 aliphatic rings. The topological polar surface area (TPSA) is 47.6 Å². The molecule has 1 aromatic carbocycles. The Morgan fingerprint density at radius 2 is 1.89 bits per heavy atom. The van der Waals surface area contributed by atoms with Crippen LogP contribution in [0.3, 0.4) is 0 Å². The first-order valence-electron chi connectivity index (χ1n) is 11.1. The molecule has 156 valence electrons. The molecule has 2 aliphatic heterocycles. The maximum absolute atomic E-state index is 12.9. The van der Waals surface area contributed by atoms with Gasteiger partial charge in [0.2, 0.25) is 5.91 Å². The Bertz CT molecular complexity index is 598. The second-order valence-electron chi connectivity index (χ2n) is 8.75. The van der Waals surface area contributed by atoms with E-state index in [-0.39, 0.29) is 18.0 Å². The number of piperidine rings is 1. The molecular formula is C23H38N4O. The molecule has 5 nitrogen and oxygen atoms in total. The summed E-state index contributed by atoms with van der Waals surface area (Å²) in [7, 11) is 0. The summed E-state index contributed by atoms with van der Waals surface area (Å²) < 4.78 is 0. The first-order valence-corrected chi connectivity index (χ1v) is 11.1. The second kappa shape index (κ2) is 10.4. The summed E-state index contributed by atoms with van der Waals surface area (Å²) >= 11 is 0. The van der Waals surface area contributed by atoms with Crippen LogP contribution in [-0.4, -0.2) is 66.1 Å². The molecule has 0 aromatic heterocycles. The van der Waals surface area contributed by atoms with Crippen molar-refractivity contribution >= 4 is 5.91 Å². The van der Waals surface area contributed by atoms with Crippen LogP contribution in [0.25, 0.3) is 0 Å². The minimum atomic E-state index is -0.00148. The van der Waals surface area contributed by atoms with E-state index in [0.29, 0.717) is 12.1 Å². The molecule has 0 aliphatic carbocycles. The minimum absolute atomic E-state index is 0.00148. The van der Waals surface area contributed by atoms with Crippen LogP contribution in [0.1, 0.15) is 52.0 Å². The van der Waals surface area contributed by atoms with Crippen LogP contribution in [0.4, 0.5) is 0 Å². The highest BCUT2D eigenvalue weighted by molar-refractivity contribution is 5.82. The number of rotatable bonds is 8. The van der Waals surface area contributed by atoms with Gasteiger partial charge in [-0.3, -0.25) is 9.69 Å². The van der Waals surface area contributed by atoms with Gasteiger partial charge in [0.05, 0.1) is 6.04 Å². The van der Waals surface area contributed by atoms with Crippen molar-refractivity contribution in [2.45, 2.75) is 77.2 Å². The minimum Gasteiger partial charge on any atom is -0.353 e. The lowest BCUT2D eigenvalue weighted by Crippen LogP contribution is -2.52. The third-order valence-electron chi connectivity index (χ3n) is 6.08. The molecule has 28 heavy (non-hydrogen) atoms. The number of hydrogen-bond acceptors (Lipinski definition) is 4. The van der Waals surface area contributed by atoms with Crippen LogP contribution in [0, 0.1) is 0 Å². The first kappa shape index (κ1) is 21.3. The van der Waals surface area contributed by atoms with Gasteiger partial charge in [0.25, 0.3) is 0 Å². The highest BCUT2D eigenvalue weighted by Crippen LogP contribution is 2.27. The standard InChI is InChI=1S/C23H38N4O/c1-4-12-26-13-10-21(11-14-26)27-17-20(15-22(27)23(28)25-18(2)3)24-16-19-8-6-5-7-9-19/h5-9,18,20-22,24H,4,10-17H2,1-3H3,(H,25,28)/t20-,22-/m0/s1. The Kier molecular flexibility index (Phi) is 7.89. The molecule has 2 heterocycles. The van der Waals surface area contributed by atoms with E-state index in [1.54, 1.807) is 0 Å². The molecule has 0 bridgehead atoms. The molecule has 3 rings (SSSR count). The lowest BCUT2D eigenvalue weighted by atomic mass is 10.0. The van der Waals surface area contributed by atoms with Gasteiger partial charge < -0.3 is 15.5 Å². The molecule has 2 N–H and O–H groups in total. The number of nitrogens with one attached hydrogen (secondary N) is 2. The van der Waals surface area contributed by atoms with Crippen molar-refractivity contribution in [2.24, 2.45) is 0 Å². The fraction of sp³-hybridized carbons (Fsp3) is 0.696. The van der Waals surface area contributed by atoms with Crippen molar-refractivity contribution < 1.29 is 4.79 Å². The number of amides is 1. The summed E-state index contributed by atoms with van der Waals surface area (Å²) in [6, 6.07) is 11.6. The maximum atomic E-state index is 12.9. The van der Waals surface area contributed by atoms with Crippen molar-refractivity contribution in [3.63, 3.8) is 0 Å². The van der Waals surface area contributed by atoms with E-state index in [4.69, 9.17) is 0 Å². The predicted octanol–water partition coefficient (Wildman–Crippen LogP) is 2.62. The number of hydrogen-bond donors (Lipinski definition) is 2. The largest absolute Gasteiger partial charge is 0.353 e. The van der Waals surface area contributed by atoms with Crippen molar-refractivity contribution in [3.8, 4) is 0 Å². The second-order valence-corrected chi connectivity index (χ2v) is 8.75. The molecule has 2 fully saturated rings. The molecule has 0 radical (unpaired) electrons. The van der Waals surface area contributed by atoms with E-state index < -0.39 is 0 Å². The Hall–Kier alpha value is -1.43. The van der Waals surface area contributed by atoms with E-state index >= 15 is 0 Å². The van der Waals surface area contributed by atoms with Gasteiger partial charge in [-0.25, -0.2) is 0 Å². The average Bonchev–Trinajstić information content (AvgIpc) is 3.12. The normalized spacial score (nSPS) is 24.7. The molecule has 0 saturated carbocycles. The molecule has 2 saturated heterocycles. The monoisotopic (exact) mass is 386 g/mol. The van der Waals surface area contributed by atoms with Crippen molar-refractivity contribution in [3.05, 3.63) is 35.9 Å². The molecule has 2 atom stereocenters. The lowest BCUT2D eigenvalue weighted by Gasteiger charge is -2.39. The van der Waals surface area contributed by atoms with Gasteiger partial charge in [0.15, 0.2) is 0 Å². The van der Waals surface area contributed by atoms with Crippen LogP contribution < -0.4 is 10.6 Å². The van der Waals surface area contributed by atoms with Crippen LogP contribution in [0.5, 0.6) is 0 Å². The van der Waals surface area contributed by atoms with Crippen LogP contribution in [0.2, 0.25) is 0 Å². The highest BCUT2D eigenvalue weighted by atomic mass is 16.2. The van der Waals surface area contributed by atoms with Crippen molar-refractivity contribution in [2.75, 3.05) is 26.2 Å². The van der Waals surface area contributed by atoms with Gasteiger partial charge in [-0.05, 0) is 64.7 Å². The number of carbonyl (C=O) groups is 1. The van der Waals surface area contributed by atoms with Crippen LogP contribution in [0.15, 0.2) is 30.3 Å². The third-order valence-corrected chi connectivity index (χ3v) is 6.08. The Morgan fingerprint density at radius 1 is 1.18 bits per heavy atom. The smallest absolute Gasteiger partial charge is 0.237 e. The number of carbonyl (C=O) groups excluding carboxylic acids is 1. The average molecular weight is 387 g/mol. The SMILES string of the molecule is CCCN1CCC(N2C[C@@H](NCc3ccccc3)C[C@H]2C(=O)NC(C)C)CC1. The van der Waals surface area contributed by atoms with Crippen LogP contribution in [-0.2, 0) is 11.3 Å². The summed E-state index contributed by atoms with van der Waals surface area (Å²) in [6.45, 7) is 11.7. The number of likely N-dealkylation sites (tertiary alicyclic amines) is 2. The highest BCUT2D eigenvalue weighted by Gasteiger charge is 2.41. The summed E-state index contributed by atoms with van der Waals surface area (Å²) in [4.78, 5) is 18.0. The molecule has 0 spiro atoms. The van der Waals surface area contributed by atoms with Crippen molar-refractivity contribution in [1.82, 2.24) is 20.4 Å². The first-order chi connectivity index (χ1) is 13.6. The van der Waals surface area contributed by atoms with E-state index in [0.717, 1.165) is 32.6 Å². The summed E-state index contributed by atoms with van der Waals surface area (Å²) in [6.07, 6.45) is 4.48. The summed E-state index contributed by atoms with van der Waals surface area (Å²) in [5, 5.41) is 6.86. The van der Waals surface area contributed by atoms with Crippen molar-refractivity contribution in [1.29, 1.82) is 0 Å². The molecule has 1 amide bonds. The zero-order chi connectivity index (χ0) is 19.9. The fourth-order valence-electron chi connectivity index (χ4n) is 4.70.